The average Bonchev–Trinajstić information content (AvgIpc) is 3.13. The van der Waals surface area contributed by atoms with E-state index in [0.717, 1.165) is 16.2 Å². The molecular weight excluding hydrogens is 554 g/mol. The Kier molecular flexibility index (Phi) is 7.58. The summed E-state index contributed by atoms with van der Waals surface area (Å²) in [5.74, 6) is -0.155. The predicted octanol–water partition coefficient (Wildman–Crippen LogP) is 4.68. The highest BCUT2D eigenvalue weighted by Crippen LogP contribution is 2.35. The number of halogens is 1. The molecular formula is C24H20BrN3O5S2. The number of carbonyl (C=O) groups excluding carboxylic acids is 2. The highest BCUT2D eigenvalue weighted by Gasteiger charge is 2.41. The minimum atomic E-state index is -4.09. The van der Waals surface area contributed by atoms with Crippen LogP contribution < -0.4 is 15.0 Å². The van der Waals surface area contributed by atoms with Gasteiger partial charge in [-0.15, -0.1) is 4.40 Å². The van der Waals surface area contributed by atoms with Gasteiger partial charge in [-0.3, -0.25) is 14.5 Å². The Morgan fingerprint density at radius 2 is 1.71 bits per heavy atom. The minimum absolute atomic E-state index is 0.00467. The van der Waals surface area contributed by atoms with Gasteiger partial charge in [0, 0.05) is 16.6 Å². The first-order valence-electron chi connectivity index (χ1n) is 10.4. The molecule has 1 fully saturated rings. The third-order valence-corrected chi connectivity index (χ3v) is 8.07. The highest BCUT2D eigenvalue weighted by molar-refractivity contribution is 9.10. The van der Waals surface area contributed by atoms with Crippen LogP contribution in [0.1, 0.15) is 6.42 Å². The second kappa shape index (κ2) is 10.6. The molecule has 3 aromatic carbocycles. The van der Waals surface area contributed by atoms with Gasteiger partial charge < -0.3 is 10.1 Å². The van der Waals surface area contributed by atoms with Gasteiger partial charge in [0.05, 0.1) is 17.7 Å². The zero-order valence-electron chi connectivity index (χ0n) is 18.4. The Morgan fingerprint density at radius 3 is 2.34 bits per heavy atom. The molecule has 1 aliphatic heterocycles. The number of anilines is 2. The molecule has 35 heavy (non-hydrogen) atoms. The summed E-state index contributed by atoms with van der Waals surface area (Å²) in [5, 5.41) is 1.90. The largest absolute Gasteiger partial charge is 0.497 e. The van der Waals surface area contributed by atoms with Crippen molar-refractivity contribution in [3.05, 3.63) is 83.3 Å². The van der Waals surface area contributed by atoms with Crippen LogP contribution in [0.5, 0.6) is 5.75 Å². The van der Waals surface area contributed by atoms with E-state index in [0.29, 0.717) is 17.1 Å². The number of sulfonamides is 1. The number of hydrogen-bond acceptors (Lipinski definition) is 6. The summed E-state index contributed by atoms with van der Waals surface area (Å²) in [4.78, 5) is 27.2. The smallest absolute Gasteiger partial charge is 0.284 e. The fourth-order valence-electron chi connectivity index (χ4n) is 3.29. The van der Waals surface area contributed by atoms with Gasteiger partial charge in [0.1, 0.15) is 11.0 Å². The lowest BCUT2D eigenvalue weighted by molar-refractivity contribution is -0.121. The van der Waals surface area contributed by atoms with Crippen LogP contribution in [0, 0.1) is 0 Å². The maximum Gasteiger partial charge on any atom is 0.284 e. The van der Waals surface area contributed by atoms with Crippen LogP contribution in [-0.2, 0) is 19.6 Å². The minimum Gasteiger partial charge on any atom is -0.497 e. The molecule has 0 bridgehead atoms. The monoisotopic (exact) mass is 573 g/mol. The van der Waals surface area contributed by atoms with E-state index in [1.165, 1.54) is 17.0 Å². The zero-order chi connectivity index (χ0) is 25.0. The van der Waals surface area contributed by atoms with Crippen LogP contribution in [-0.4, -0.2) is 37.8 Å². The average molecular weight is 574 g/mol. The van der Waals surface area contributed by atoms with E-state index >= 15 is 0 Å². The molecule has 2 amide bonds. The molecule has 0 radical (unpaired) electrons. The summed E-state index contributed by atoms with van der Waals surface area (Å²) in [6.45, 7) is 0. The third kappa shape index (κ3) is 5.92. The van der Waals surface area contributed by atoms with E-state index in [1.54, 1.807) is 73.8 Å². The number of carbonyl (C=O) groups is 2. The van der Waals surface area contributed by atoms with Gasteiger partial charge in [-0.25, -0.2) is 0 Å². The van der Waals surface area contributed by atoms with Gasteiger partial charge in [0.25, 0.3) is 10.0 Å². The number of rotatable bonds is 7. The molecule has 11 heteroatoms. The zero-order valence-corrected chi connectivity index (χ0v) is 21.6. The highest BCUT2D eigenvalue weighted by atomic mass is 79.9. The summed E-state index contributed by atoms with van der Waals surface area (Å²) >= 11 is 4.23. The van der Waals surface area contributed by atoms with Crippen molar-refractivity contribution in [3.8, 4) is 5.75 Å². The lowest BCUT2D eigenvalue weighted by Gasteiger charge is -2.16. The van der Waals surface area contributed by atoms with Crippen molar-refractivity contribution in [1.82, 2.24) is 0 Å². The lowest BCUT2D eigenvalue weighted by Crippen LogP contribution is -2.33. The number of thioether (sulfide) groups is 1. The Balaban J connectivity index is 1.59. The van der Waals surface area contributed by atoms with E-state index in [1.807, 2.05) is 0 Å². The SMILES string of the molecule is COc1ccc(NC(=O)CC2S/C(=N/S(=O)(=O)c3ccc(Br)cc3)N(c3ccccc3)C2=O)cc1. The fraction of sp³-hybridized carbons (Fsp3) is 0.125. The molecule has 1 unspecified atom stereocenters. The van der Waals surface area contributed by atoms with Gasteiger partial charge in [-0.05, 0) is 60.7 Å². The van der Waals surface area contributed by atoms with Crippen LogP contribution in [0.25, 0.3) is 0 Å². The van der Waals surface area contributed by atoms with Crippen LogP contribution in [0.4, 0.5) is 11.4 Å². The first-order chi connectivity index (χ1) is 16.8. The van der Waals surface area contributed by atoms with Gasteiger partial charge >= 0.3 is 0 Å². The van der Waals surface area contributed by atoms with Crippen LogP contribution in [0.2, 0.25) is 0 Å². The normalized spacial score (nSPS) is 17.0. The molecule has 0 aliphatic carbocycles. The molecule has 1 aliphatic rings. The number of nitrogens with zero attached hydrogens (tertiary/aromatic N) is 2. The van der Waals surface area contributed by atoms with Crippen molar-refractivity contribution < 1.29 is 22.7 Å². The first kappa shape index (κ1) is 25.0. The summed E-state index contributed by atoms with van der Waals surface area (Å²) < 4.78 is 35.7. The van der Waals surface area contributed by atoms with Crippen LogP contribution in [0.15, 0.2) is 92.6 Å². The van der Waals surface area contributed by atoms with Crippen molar-refractivity contribution >= 4 is 66.1 Å². The number of nitrogens with one attached hydrogen (secondary N) is 1. The molecule has 1 atom stereocenters. The molecule has 3 aromatic rings. The van der Waals surface area contributed by atoms with Crippen molar-refractivity contribution in [2.24, 2.45) is 4.40 Å². The maximum atomic E-state index is 13.3. The van der Waals surface area contributed by atoms with Gasteiger partial charge in [-0.2, -0.15) is 8.42 Å². The Bertz CT molecular complexity index is 1360. The van der Waals surface area contributed by atoms with E-state index in [4.69, 9.17) is 4.74 Å². The molecule has 1 saturated heterocycles. The molecule has 0 saturated carbocycles. The second-order valence-corrected chi connectivity index (χ2v) is 11.1. The Morgan fingerprint density at radius 1 is 1.06 bits per heavy atom. The summed E-state index contributed by atoms with van der Waals surface area (Å²) in [6, 6.07) is 21.5. The molecule has 1 N–H and O–H groups in total. The molecule has 4 rings (SSSR count). The van der Waals surface area contributed by atoms with Crippen molar-refractivity contribution in [1.29, 1.82) is 0 Å². The topological polar surface area (TPSA) is 105 Å². The van der Waals surface area contributed by atoms with Crippen molar-refractivity contribution in [2.45, 2.75) is 16.6 Å². The van der Waals surface area contributed by atoms with E-state index in [9.17, 15) is 18.0 Å². The third-order valence-electron chi connectivity index (χ3n) is 5.00. The van der Waals surface area contributed by atoms with E-state index < -0.39 is 21.2 Å². The lowest BCUT2D eigenvalue weighted by atomic mass is 10.2. The van der Waals surface area contributed by atoms with Crippen molar-refractivity contribution in [2.75, 3.05) is 17.3 Å². The molecule has 180 valence electrons. The summed E-state index contributed by atoms with van der Waals surface area (Å²) in [5.41, 5.74) is 1.02. The van der Waals surface area contributed by atoms with E-state index in [2.05, 4.69) is 25.6 Å². The number of methoxy groups -OCH3 is 1. The predicted molar refractivity (Wildman–Crippen MR) is 140 cm³/mol. The summed E-state index contributed by atoms with van der Waals surface area (Å²) in [7, 11) is -2.55. The van der Waals surface area contributed by atoms with Gasteiger partial charge in [0.2, 0.25) is 11.8 Å². The van der Waals surface area contributed by atoms with E-state index in [-0.39, 0.29) is 22.4 Å². The van der Waals surface area contributed by atoms with Crippen molar-refractivity contribution in [3.63, 3.8) is 0 Å². The van der Waals surface area contributed by atoms with Crippen LogP contribution >= 0.6 is 27.7 Å². The number of ether oxygens (including phenoxy) is 1. The van der Waals surface area contributed by atoms with Gasteiger partial charge in [-0.1, -0.05) is 45.9 Å². The Labute approximate surface area is 215 Å². The quantitative estimate of drug-likeness (QED) is 0.440. The summed E-state index contributed by atoms with van der Waals surface area (Å²) in [6.07, 6.45) is -0.157. The number of para-hydroxylation sites is 1. The second-order valence-electron chi connectivity index (χ2n) is 7.40. The molecule has 1 heterocycles. The first-order valence-corrected chi connectivity index (χ1v) is 13.5. The maximum absolute atomic E-state index is 13.3. The number of amides is 2. The fourth-order valence-corrected chi connectivity index (χ4v) is 5.89. The Hall–Kier alpha value is -3.15. The number of hydrogen-bond donors (Lipinski definition) is 1. The van der Waals surface area contributed by atoms with Gasteiger partial charge in [0.15, 0.2) is 5.17 Å². The molecule has 0 aromatic heterocycles. The molecule has 8 nitrogen and oxygen atoms in total. The standard InChI is InChI=1S/C24H20BrN3O5S2/c1-33-19-11-9-17(10-12-19)26-22(29)15-21-23(30)28(18-5-3-2-4-6-18)24(34-21)27-35(31,32)20-13-7-16(25)8-14-20/h2-14,21H,15H2,1H3,(H,26,29)/b27-24+. The number of amidine groups is 1. The molecule has 0 spiro atoms. The van der Waals surface area contributed by atoms with Crippen LogP contribution in [0.3, 0.4) is 0 Å². The number of benzene rings is 3.